The van der Waals surface area contributed by atoms with E-state index in [2.05, 4.69) is 32.1 Å². The Hall–Kier alpha value is -3.07. The smallest absolute Gasteiger partial charge is 0.166 e. The van der Waals surface area contributed by atoms with Crippen LogP contribution < -0.4 is 0 Å². The summed E-state index contributed by atoms with van der Waals surface area (Å²) in [5.74, 6) is 0.521. The van der Waals surface area contributed by atoms with E-state index in [0.717, 1.165) is 67.4 Å². The number of aryl methyl sites for hydroxylation is 1. The fourth-order valence-electron chi connectivity index (χ4n) is 7.15. The molecule has 0 saturated heterocycles. The van der Waals surface area contributed by atoms with E-state index in [1.165, 1.54) is 37.7 Å². The van der Waals surface area contributed by atoms with Gasteiger partial charge in [-0.25, -0.2) is 13.2 Å². The van der Waals surface area contributed by atoms with Crippen molar-refractivity contribution in [3.63, 3.8) is 0 Å². The van der Waals surface area contributed by atoms with Crippen LogP contribution in [0.25, 0.3) is 27.8 Å². The molecule has 1 atom stereocenters. The number of hydrogen-bond donors (Lipinski definition) is 0. The average molecular weight is 571 g/mol. The maximum atomic E-state index is 15.4. The zero-order valence-corrected chi connectivity index (χ0v) is 25.3. The largest absolute Gasteiger partial charge is 0.206 e. The summed E-state index contributed by atoms with van der Waals surface area (Å²) >= 11 is 0. The highest BCUT2D eigenvalue weighted by molar-refractivity contribution is 5.74. The Bertz CT molecular complexity index is 1390. The third-order valence-corrected chi connectivity index (χ3v) is 9.71. The lowest BCUT2D eigenvalue weighted by molar-refractivity contribution is 0.212. The fourth-order valence-corrected chi connectivity index (χ4v) is 7.15. The minimum atomic E-state index is -0.810. The van der Waals surface area contributed by atoms with Gasteiger partial charge in [0.15, 0.2) is 11.6 Å². The Balaban J connectivity index is 1.23. The van der Waals surface area contributed by atoms with E-state index in [9.17, 15) is 8.78 Å². The van der Waals surface area contributed by atoms with Gasteiger partial charge in [0.1, 0.15) is 5.82 Å². The minimum absolute atomic E-state index is 0.237. The molecule has 0 amide bonds. The van der Waals surface area contributed by atoms with Crippen LogP contribution >= 0.6 is 0 Å². The highest BCUT2D eigenvalue weighted by Gasteiger charge is 2.28. The molecule has 2 aliphatic rings. The Morgan fingerprint density at radius 1 is 0.714 bits per heavy atom. The highest BCUT2D eigenvalue weighted by Crippen LogP contribution is 2.42. The number of allylic oxidation sites excluding steroid dienone is 4. The van der Waals surface area contributed by atoms with Crippen molar-refractivity contribution in [2.75, 3.05) is 0 Å². The van der Waals surface area contributed by atoms with Crippen LogP contribution in [0.2, 0.25) is 0 Å². The molecule has 42 heavy (non-hydrogen) atoms. The first-order chi connectivity index (χ1) is 20.5. The fraction of sp³-hybridized carbons (Fsp3) is 0.436. The average Bonchev–Trinajstić information content (AvgIpc) is 3.02. The van der Waals surface area contributed by atoms with Crippen LogP contribution in [-0.4, -0.2) is 0 Å². The summed E-state index contributed by atoms with van der Waals surface area (Å²) in [5.41, 5.74) is 4.72. The van der Waals surface area contributed by atoms with Crippen molar-refractivity contribution < 1.29 is 13.2 Å². The number of benzene rings is 3. The van der Waals surface area contributed by atoms with Crippen molar-refractivity contribution in [3.05, 3.63) is 101 Å². The topological polar surface area (TPSA) is 0 Å². The molecule has 0 radical (unpaired) electrons. The molecule has 3 heteroatoms. The van der Waals surface area contributed by atoms with Gasteiger partial charge in [-0.1, -0.05) is 92.9 Å². The van der Waals surface area contributed by atoms with Crippen LogP contribution in [0.4, 0.5) is 13.2 Å². The summed E-state index contributed by atoms with van der Waals surface area (Å²) in [4.78, 5) is 0. The maximum Gasteiger partial charge on any atom is 0.166 e. The van der Waals surface area contributed by atoms with Gasteiger partial charge < -0.3 is 0 Å². The van der Waals surface area contributed by atoms with Gasteiger partial charge in [0.25, 0.3) is 0 Å². The van der Waals surface area contributed by atoms with Gasteiger partial charge in [0.05, 0.1) is 0 Å². The van der Waals surface area contributed by atoms with E-state index in [4.69, 9.17) is 0 Å². The summed E-state index contributed by atoms with van der Waals surface area (Å²) < 4.78 is 45.1. The first kappa shape index (κ1) is 30.4. The van der Waals surface area contributed by atoms with Crippen molar-refractivity contribution in [1.82, 2.24) is 0 Å². The molecule has 0 spiro atoms. The molecule has 2 aliphatic carbocycles. The van der Waals surface area contributed by atoms with E-state index in [-0.39, 0.29) is 11.4 Å². The Morgan fingerprint density at radius 3 is 2.05 bits per heavy atom. The quantitative estimate of drug-likeness (QED) is 0.168. The summed E-state index contributed by atoms with van der Waals surface area (Å²) in [6.45, 7) is 4.25. The third kappa shape index (κ3) is 7.10. The predicted molar refractivity (Wildman–Crippen MR) is 171 cm³/mol. The zero-order valence-electron chi connectivity index (χ0n) is 25.3. The number of rotatable bonds is 10. The van der Waals surface area contributed by atoms with E-state index in [1.54, 1.807) is 42.5 Å². The monoisotopic (exact) mass is 570 g/mol. The predicted octanol–water partition coefficient (Wildman–Crippen LogP) is 12.1. The van der Waals surface area contributed by atoms with Crippen LogP contribution in [0.3, 0.4) is 0 Å². The van der Waals surface area contributed by atoms with Crippen LogP contribution in [0.5, 0.6) is 0 Å². The van der Waals surface area contributed by atoms with Gasteiger partial charge in [-0.15, -0.1) is 0 Å². The minimum Gasteiger partial charge on any atom is -0.206 e. The highest BCUT2D eigenvalue weighted by atomic mass is 19.2. The Morgan fingerprint density at radius 2 is 1.40 bits per heavy atom. The molecular formula is C39H45F3. The van der Waals surface area contributed by atoms with Gasteiger partial charge >= 0.3 is 0 Å². The van der Waals surface area contributed by atoms with Gasteiger partial charge in [-0.3, -0.25) is 0 Å². The second kappa shape index (κ2) is 14.4. The molecule has 0 N–H and O–H groups in total. The lowest BCUT2D eigenvalue weighted by atomic mass is 9.71. The maximum absolute atomic E-state index is 15.4. The van der Waals surface area contributed by atoms with Crippen LogP contribution in [0, 0.1) is 35.2 Å². The summed E-state index contributed by atoms with van der Waals surface area (Å²) in [7, 11) is 0. The standard InChI is InChI=1S/C39H45F3/c1-3-5-6-7-9-33-22-25-36(39(42)38(33)41)32-20-18-31(19-21-32)35-24-23-34(26-37(35)40)30-16-14-29(15-17-30)28-12-10-27(8-4-2)11-13-28/h4,8,16,18-29H,3,5-7,9-15,17H2,1-2H3. The lowest BCUT2D eigenvalue weighted by Gasteiger charge is -2.34. The van der Waals surface area contributed by atoms with Crippen LogP contribution in [0.1, 0.15) is 95.6 Å². The molecule has 1 saturated carbocycles. The van der Waals surface area contributed by atoms with Crippen molar-refractivity contribution in [2.24, 2.45) is 17.8 Å². The lowest BCUT2D eigenvalue weighted by Crippen LogP contribution is -2.22. The van der Waals surface area contributed by atoms with Crippen molar-refractivity contribution >= 4 is 5.57 Å². The summed E-state index contributed by atoms with van der Waals surface area (Å²) in [5, 5.41) is 0. The molecule has 1 fully saturated rings. The van der Waals surface area contributed by atoms with Crippen LogP contribution in [0.15, 0.2) is 72.8 Å². The van der Waals surface area contributed by atoms with Gasteiger partial charge in [-0.05, 0) is 116 Å². The molecule has 1 unspecified atom stereocenters. The van der Waals surface area contributed by atoms with Gasteiger partial charge in [0, 0.05) is 11.1 Å². The molecule has 0 heterocycles. The van der Waals surface area contributed by atoms with Crippen molar-refractivity contribution in [2.45, 2.75) is 90.9 Å². The Kier molecular flexibility index (Phi) is 10.4. The van der Waals surface area contributed by atoms with E-state index >= 15 is 4.39 Å². The van der Waals surface area contributed by atoms with Gasteiger partial charge in [-0.2, -0.15) is 0 Å². The molecule has 3 aromatic carbocycles. The van der Waals surface area contributed by atoms with E-state index in [1.807, 2.05) is 12.1 Å². The zero-order chi connectivity index (χ0) is 29.5. The normalized spacial score (nSPS) is 21.1. The molecule has 222 valence electrons. The van der Waals surface area contributed by atoms with E-state index < -0.39 is 11.6 Å². The molecule has 0 nitrogen and oxygen atoms in total. The number of unbranched alkanes of at least 4 members (excludes halogenated alkanes) is 3. The summed E-state index contributed by atoms with van der Waals surface area (Å²) in [6, 6.07) is 16.0. The summed E-state index contributed by atoms with van der Waals surface area (Å²) in [6.07, 6.45) is 20.1. The van der Waals surface area contributed by atoms with E-state index in [0.29, 0.717) is 23.1 Å². The SMILES string of the molecule is CC=CC1CCC(C2CC=C(c3ccc(-c4ccc(-c5ccc(CCCCCC)c(F)c5F)cc4)c(F)c3)CC2)CC1. The molecular weight excluding hydrogens is 525 g/mol. The molecule has 0 bridgehead atoms. The third-order valence-electron chi connectivity index (χ3n) is 9.71. The number of hydrogen-bond acceptors (Lipinski definition) is 0. The number of halogens is 3. The van der Waals surface area contributed by atoms with Crippen LogP contribution in [-0.2, 0) is 6.42 Å². The second-order valence-corrected chi connectivity index (χ2v) is 12.4. The Labute approximate surface area is 250 Å². The first-order valence-corrected chi connectivity index (χ1v) is 16.2. The van der Waals surface area contributed by atoms with Crippen molar-refractivity contribution in [1.29, 1.82) is 0 Å². The molecule has 3 aromatic rings. The molecule has 0 aromatic heterocycles. The molecule has 0 aliphatic heterocycles. The van der Waals surface area contributed by atoms with Gasteiger partial charge in [0.2, 0.25) is 0 Å². The molecule has 5 rings (SSSR count). The first-order valence-electron chi connectivity index (χ1n) is 16.2. The van der Waals surface area contributed by atoms with Crippen molar-refractivity contribution in [3.8, 4) is 22.3 Å². The second-order valence-electron chi connectivity index (χ2n) is 12.4.